The molecule has 1 saturated carbocycles. The van der Waals surface area contributed by atoms with Gasteiger partial charge in [-0.15, -0.1) is 0 Å². The third kappa shape index (κ3) is 6.15. The van der Waals surface area contributed by atoms with Gasteiger partial charge in [-0.2, -0.15) is 0 Å². The van der Waals surface area contributed by atoms with Crippen LogP contribution in [0.15, 0.2) is 18.2 Å². The van der Waals surface area contributed by atoms with Crippen LogP contribution in [0.1, 0.15) is 36.8 Å². The molecular formula is C19H28N4O3. The number of urea groups is 1. The van der Waals surface area contributed by atoms with Gasteiger partial charge in [-0.1, -0.05) is 31.0 Å². The Bertz CT molecular complexity index is 648. The lowest BCUT2D eigenvalue weighted by atomic mass is 10.1. The molecule has 1 aliphatic carbocycles. The van der Waals surface area contributed by atoms with Crippen LogP contribution in [0.25, 0.3) is 0 Å². The average Bonchev–Trinajstić information content (AvgIpc) is 3.03. The molecule has 142 valence electrons. The molecular weight excluding hydrogens is 332 g/mol. The molecule has 1 aromatic rings. The highest BCUT2D eigenvalue weighted by molar-refractivity contribution is 5.96. The summed E-state index contributed by atoms with van der Waals surface area (Å²) in [5.74, 6) is -0.629. The summed E-state index contributed by atoms with van der Waals surface area (Å²) in [5, 5.41) is 8.00. The first-order chi connectivity index (χ1) is 12.3. The molecule has 2 rings (SSSR count). The van der Waals surface area contributed by atoms with Gasteiger partial charge in [0.15, 0.2) is 0 Å². The third-order valence-electron chi connectivity index (χ3n) is 4.52. The van der Waals surface area contributed by atoms with Gasteiger partial charge >= 0.3 is 6.03 Å². The number of benzene rings is 1. The molecule has 1 aromatic carbocycles. The van der Waals surface area contributed by atoms with Crippen molar-refractivity contribution in [1.82, 2.24) is 15.5 Å². The normalized spacial score (nSPS) is 14.3. The van der Waals surface area contributed by atoms with Crippen LogP contribution in [-0.4, -0.2) is 48.9 Å². The Hall–Kier alpha value is -2.41. The zero-order valence-corrected chi connectivity index (χ0v) is 15.7. The molecule has 1 aliphatic rings. The summed E-state index contributed by atoms with van der Waals surface area (Å²) in [7, 11) is 1.67. The minimum Gasteiger partial charge on any atom is -0.335 e. The Labute approximate surface area is 154 Å². The second-order valence-corrected chi connectivity index (χ2v) is 6.99. The average molecular weight is 360 g/mol. The number of rotatable bonds is 6. The SMILES string of the molecule is Cc1cccc(C)c1NC(=O)CN(C)CC(=O)NC(=O)NC1CCCC1. The van der Waals surface area contributed by atoms with Gasteiger partial charge in [0.05, 0.1) is 13.1 Å². The maximum Gasteiger partial charge on any atom is 0.321 e. The van der Waals surface area contributed by atoms with Crippen molar-refractivity contribution < 1.29 is 14.4 Å². The highest BCUT2D eigenvalue weighted by atomic mass is 16.2. The molecule has 7 heteroatoms. The monoisotopic (exact) mass is 360 g/mol. The van der Waals surface area contributed by atoms with Gasteiger partial charge in [0, 0.05) is 11.7 Å². The van der Waals surface area contributed by atoms with E-state index in [-0.39, 0.29) is 25.0 Å². The van der Waals surface area contributed by atoms with E-state index in [1.165, 1.54) is 0 Å². The lowest BCUT2D eigenvalue weighted by Gasteiger charge is -2.18. The third-order valence-corrected chi connectivity index (χ3v) is 4.52. The molecule has 26 heavy (non-hydrogen) atoms. The zero-order chi connectivity index (χ0) is 19.1. The lowest BCUT2D eigenvalue weighted by Crippen LogP contribution is -2.47. The molecule has 0 heterocycles. The molecule has 4 amide bonds. The topological polar surface area (TPSA) is 90.5 Å². The molecule has 3 N–H and O–H groups in total. The maximum atomic E-state index is 12.2. The van der Waals surface area contributed by atoms with Crippen LogP contribution in [0.2, 0.25) is 0 Å². The van der Waals surface area contributed by atoms with Crippen LogP contribution in [0.5, 0.6) is 0 Å². The van der Waals surface area contributed by atoms with E-state index < -0.39 is 11.9 Å². The van der Waals surface area contributed by atoms with Crippen molar-refractivity contribution in [3.8, 4) is 0 Å². The molecule has 0 radical (unpaired) electrons. The van der Waals surface area contributed by atoms with Crippen molar-refractivity contribution in [2.45, 2.75) is 45.6 Å². The maximum absolute atomic E-state index is 12.2. The predicted octanol–water partition coefficient (Wildman–Crippen LogP) is 1.94. The van der Waals surface area contributed by atoms with E-state index in [1.54, 1.807) is 11.9 Å². The number of para-hydroxylation sites is 1. The van der Waals surface area contributed by atoms with E-state index in [2.05, 4.69) is 16.0 Å². The Morgan fingerprint density at radius 2 is 1.62 bits per heavy atom. The van der Waals surface area contributed by atoms with Gasteiger partial charge in [-0.05, 0) is 44.9 Å². The van der Waals surface area contributed by atoms with Crippen LogP contribution in [-0.2, 0) is 9.59 Å². The van der Waals surface area contributed by atoms with E-state index in [0.717, 1.165) is 42.5 Å². The Morgan fingerprint density at radius 3 is 2.23 bits per heavy atom. The summed E-state index contributed by atoms with van der Waals surface area (Å²) in [6.07, 6.45) is 4.13. The van der Waals surface area contributed by atoms with Crippen LogP contribution in [0, 0.1) is 13.8 Å². The molecule has 0 unspecified atom stereocenters. The number of hydrogen-bond acceptors (Lipinski definition) is 4. The highest BCUT2D eigenvalue weighted by Gasteiger charge is 2.19. The summed E-state index contributed by atoms with van der Waals surface area (Å²) in [4.78, 5) is 37.5. The van der Waals surface area contributed by atoms with Crippen molar-refractivity contribution in [1.29, 1.82) is 0 Å². The quantitative estimate of drug-likeness (QED) is 0.723. The number of hydrogen-bond donors (Lipinski definition) is 3. The second kappa shape index (κ2) is 9.33. The van der Waals surface area contributed by atoms with Crippen LogP contribution in [0.4, 0.5) is 10.5 Å². The molecule has 0 saturated heterocycles. The zero-order valence-electron chi connectivity index (χ0n) is 15.7. The summed E-state index contributed by atoms with van der Waals surface area (Å²) in [6, 6.07) is 5.50. The number of anilines is 1. The number of nitrogens with one attached hydrogen (secondary N) is 3. The van der Waals surface area contributed by atoms with Crippen molar-refractivity contribution in [3.63, 3.8) is 0 Å². The Kier molecular flexibility index (Phi) is 7.15. The van der Waals surface area contributed by atoms with E-state index in [1.807, 2.05) is 32.0 Å². The van der Waals surface area contributed by atoms with Gasteiger partial charge < -0.3 is 10.6 Å². The van der Waals surface area contributed by atoms with Crippen molar-refractivity contribution in [3.05, 3.63) is 29.3 Å². The first-order valence-corrected chi connectivity index (χ1v) is 9.00. The largest absolute Gasteiger partial charge is 0.335 e. The lowest BCUT2D eigenvalue weighted by molar-refractivity contribution is -0.122. The Morgan fingerprint density at radius 1 is 1.04 bits per heavy atom. The fourth-order valence-electron chi connectivity index (χ4n) is 3.19. The van der Waals surface area contributed by atoms with E-state index in [9.17, 15) is 14.4 Å². The van der Waals surface area contributed by atoms with Crippen LogP contribution in [0.3, 0.4) is 0 Å². The number of carbonyl (C=O) groups excluding carboxylic acids is 3. The smallest absolute Gasteiger partial charge is 0.321 e. The molecule has 0 aliphatic heterocycles. The van der Waals surface area contributed by atoms with Gasteiger partial charge in [-0.3, -0.25) is 19.8 Å². The van der Waals surface area contributed by atoms with E-state index in [0.29, 0.717) is 0 Å². The number of imide groups is 1. The van der Waals surface area contributed by atoms with E-state index in [4.69, 9.17) is 0 Å². The summed E-state index contributed by atoms with van der Waals surface area (Å²) in [6.45, 7) is 3.90. The standard InChI is InChI=1S/C19H28N4O3/c1-13-7-6-8-14(2)18(13)21-16(24)11-23(3)12-17(25)22-19(26)20-15-9-4-5-10-15/h6-8,15H,4-5,9-12H2,1-3H3,(H,21,24)(H2,20,22,25,26). The van der Waals surface area contributed by atoms with Gasteiger partial charge in [0.2, 0.25) is 11.8 Å². The Balaban J connectivity index is 1.74. The van der Waals surface area contributed by atoms with Gasteiger partial charge in [0.25, 0.3) is 0 Å². The number of aryl methyl sites for hydroxylation is 2. The molecule has 0 spiro atoms. The van der Waals surface area contributed by atoms with Gasteiger partial charge in [-0.25, -0.2) is 4.79 Å². The van der Waals surface area contributed by atoms with E-state index >= 15 is 0 Å². The second-order valence-electron chi connectivity index (χ2n) is 6.99. The summed E-state index contributed by atoms with van der Waals surface area (Å²) >= 11 is 0. The minimum atomic E-state index is -0.463. The fourth-order valence-corrected chi connectivity index (χ4v) is 3.19. The number of carbonyl (C=O) groups is 3. The van der Waals surface area contributed by atoms with Crippen LogP contribution < -0.4 is 16.0 Å². The first-order valence-electron chi connectivity index (χ1n) is 9.00. The molecule has 1 fully saturated rings. The van der Waals surface area contributed by atoms with Crippen LogP contribution >= 0.6 is 0 Å². The fraction of sp³-hybridized carbons (Fsp3) is 0.526. The minimum absolute atomic E-state index is 0.0295. The number of amides is 4. The summed E-state index contributed by atoms with van der Waals surface area (Å²) in [5.41, 5.74) is 2.77. The first kappa shape index (κ1) is 19.9. The van der Waals surface area contributed by atoms with Crippen molar-refractivity contribution in [2.24, 2.45) is 0 Å². The summed E-state index contributed by atoms with van der Waals surface area (Å²) < 4.78 is 0. The van der Waals surface area contributed by atoms with Gasteiger partial charge in [0.1, 0.15) is 0 Å². The molecule has 0 bridgehead atoms. The molecule has 0 atom stereocenters. The van der Waals surface area contributed by atoms with Crippen molar-refractivity contribution >= 4 is 23.5 Å². The molecule has 7 nitrogen and oxygen atoms in total. The number of nitrogens with zero attached hydrogens (tertiary/aromatic N) is 1. The highest BCUT2D eigenvalue weighted by Crippen LogP contribution is 2.19. The van der Waals surface area contributed by atoms with Crippen molar-refractivity contribution in [2.75, 3.05) is 25.5 Å². The predicted molar refractivity (Wildman–Crippen MR) is 101 cm³/mol. The number of likely N-dealkylation sites (N-methyl/N-ethyl adjacent to an activating group) is 1. The molecule has 0 aromatic heterocycles.